The summed E-state index contributed by atoms with van der Waals surface area (Å²) in [5.41, 5.74) is 1.85. The van der Waals surface area contributed by atoms with E-state index in [1.165, 1.54) is 4.90 Å². The average Bonchev–Trinajstić information content (AvgIpc) is 2.67. The fourth-order valence-electron chi connectivity index (χ4n) is 2.37. The minimum atomic E-state index is -1.02. The van der Waals surface area contributed by atoms with E-state index in [1.54, 1.807) is 26.8 Å². The van der Waals surface area contributed by atoms with Crippen LogP contribution >= 0.6 is 0 Å². The molecular formula is C15H19NO4. The van der Waals surface area contributed by atoms with Crippen molar-refractivity contribution in [3.8, 4) is 0 Å². The van der Waals surface area contributed by atoms with Crippen LogP contribution < -0.4 is 4.90 Å². The normalized spacial score (nSPS) is 17.8. The highest BCUT2D eigenvalue weighted by atomic mass is 16.6. The number of amides is 1. The molecule has 1 amide bonds. The lowest BCUT2D eigenvalue weighted by molar-refractivity contribution is -0.138. The number of carboxylic acid groups (broad SMARTS) is 1. The Kier molecular flexibility index (Phi) is 3.46. The zero-order chi connectivity index (χ0) is 15.1. The summed E-state index contributed by atoms with van der Waals surface area (Å²) in [7, 11) is 0. The number of nitrogens with zero attached hydrogens (tertiary/aromatic N) is 1. The van der Waals surface area contributed by atoms with Gasteiger partial charge in [0.1, 0.15) is 11.6 Å². The minimum absolute atomic E-state index is 0.316. The first kappa shape index (κ1) is 14.4. The highest BCUT2D eigenvalue weighted by Gasteiger charge is 2.41. The minimum Gasteiger partial charge on any atom is -0.480 e. The van der Waals surface area contributed by atoms with E-state index in [-0.39, 0.29) is 0 Å². The Morgan fingerprint density at radius 3 is 2.55 bits per heavy atom. The zero-order valence-electron chi connectivity index (χ0n) is 12.1. The molecule has 0 fully saturated rings. The maximum absolute atomic E-state index is 12.3. The number of aliphatic carboxylic acids is 1. The molecule has 0 radical (unpaired) electrons. The molecule has 0 bridgehead atoms. The van der Waals surface area contributed by atoms with Gasteiger partial charge in [0.2, 0.25) is 0 Å². The molecule has 108 valence electrons. The van der Waals surface area contributed by atoms with Crippen LogP contribution in [0.5, 0.6) is 0 Å². The lowest BCUT2D eigenvalue weighted by atomic mass is 10.0. The van der Waals surface area contributed by atoms with Gasteiger partial charge < -0.3 is 9.84 Å². The molecule has 1 aromatic carbocycles. The zero-order valence-corrected chi connectivity index (χ0v) is 12.1. The lowest BCUT2D eigenvalue weighted by Crippen LogP contribution is -2.45. The van der Waals surface area contributed by atoms with Gasteiger partial charge in [-0.2, -0.15) is 0 Å². The van der Waals surface area contributed by atoms with Gasteiger partial charge in [-0.15, -0.1) is 0 Å². The van der Waals surface area contributed by atoms with Gasteiger partial charge in [0.15, 0.2) is 0 Å². The number of anilines is 1. The second kappa shape index (κ2) is 4.81. The third-order valence-electron chi connectivity index (χ3n) is 3.23. The molecule has 20 heavy (non-hydrogen) atoms. The Labute approximate surface area is 118 Å². The standard InChI is InChI=1S/C15H19NO4/c1-9-6-5-7-11-10(9)8-12(13(17)18)16(11)14(19)20-15(2,3)4/h5-7,12H,8H2,1-4H3,(H,17,18)/t12-/m0/s1. The third kappa shape index (κ3) is 2.61. The number of ether oxygens (including phenoxy) is 1. The van der Waals surface area contributed by atoms with Crippen LogP contribution in [0.4, 0.5) is 10.5 Å². The molecule has 1 heterocycles. The fraction of sp³-hybridized carbons (Fsp3) is 0.467. The molecule has 1 N–H and O–H groups in total. The first-order valence-electron chi connectivity index (χ1n) is 6.54. The van der Waals surface area contributed by atoms with E-state index in [4.69, 9.17) is 4.74 Å². The Morgan fingerprint density at radius 2 is 2.00 bits per heavy atom. The fourth-order valence-corrected chi connectivity index (χ4v) is 2.37. The predicted molar refractivity (Wildman–Crippen MR) is 75.0 cm³/mol. The summed E-state index contributed by atoms with van der Waals surface area (Å²) < 4.78 is 5.32. The van der Waals surface area contributed by atoms with Crippen molar-refractivity contribution in [3.05, 3.63) is 29.3 Å². The molecule has 1 atom stereocenters. The first-order valence-corrected chi connectivity index (χ1v) is 6.54. The molecule has 0 saturated heterocycles. The summed E-state index contributed by atoms with van der Waals surface area (Å²) in [4.78, 5) is 24.9. The second-order valence-electron chi connectivity index (χ2n) is 5.98. The number of rotatable bonds is 1. The van der Waals surface area contributed by atoms with Gasteiger partial charge in [0.05, 0.1) is 5.69 Å². The van der Waals surface area contributed by atoms with Crippen molar-refractivity contribution >= 4 is 17.7 Å². The maximum atomic E-state index is 12.3. The number of benzene rings is 1. The highest BCUT2D eigenvalue weighted by molar-refractivity contribution is 5.98. The van der Waals surface area contributed by atoms with Crippen molar-refractivity contribution < 1.29 is 19.4 Å². The summed E-state index contributed by atoms with van der Waals surface area (Å²) in [5, 5.41) is 9.34. The number of fused-ring (bicyclic) bond motifs is 1. The van der Waals surface area contributed by atoms with Crippen LogP contribution in [0.15, 0.2) is 18.2 Å². The number of aryl methyl sites for hydroxylation is 1. The van der Waals surface area contributed by atoms with Gasteiger partial charge in [0, 0.05) is 6.42 Å². The van der Waals surface area contributed by atoms with Crippen LogP contribution in [0.1, 0.15) is 31.9 Å². The number of hydrogen-bond acceptors (Lipinski definition) is 3. The van der Waals surface area contributed by atoms with E-state index >= 15 is 0 Å². The molecule has 0 unspecified atom stereocenters. The summed E-state index contributed by atoms with van der Waals surface area (Å²) in [5.74, 6) is -1.02. The molecule has 0 spiro atoms. The Morgan fingerprint density at radius 1 is 1.35 bits per heavy atom. The van der Waals surface area contributed by atoms with Crippen LogP contribution in [-0.4, -0.2) is 28.8 Å². The molecular weight excluding hydrogens is 258 g/mol. The molecule has 1 aliphatic heterocycles. The molecule has 5 heteroatoms. The second-order valence-corrected chi connectivity index (χ2v) is 5.98. The summed E-state index contributed by atoms with van der Waals surface area (Å²) in [6.07, 6.45) is -0.300. The molecule has 2 rings (SSSR count). The highest BCUT2D eigenvalue weighted by Crippen LogP contribution is 2.35. The van der Waals surface area contributed by atoms with Crippen LogP contribution in [0.2, 0.25) is 0 Å². The third-order valence-corrected chi connectivity index (χ3v) is 3.23. The van der Waals surface area contributed by atoms with Gasteiger partial charge in [0.25, 0.3) is 0 Å². The Bertz CT molecular complexity index is 559. The van der Waals surface area contributed by atoms with E-state index in [9.17, 15) is 14.7 Å². The van der Waals surface area contributed by atoms with Gasteiger partial charge in [-0.1, -0.05) is 12.1 Å². The smallest absolute Gasteiger partial charge is 0.415 e. The van der Waals surface area contributed by atoms with Crippen molar-refractivity contribution in [3.63, 3.8) is 0 Å². The number of hydrogen-bond donors (Lipinski definition) is 1. The van der Waals surface area contributed by atoms with Crippen LogP contribution in [0, 0.1) is 6.92 Å². The van der Waals surface area contributed by atoms with Crippen LogP contribution in [-0.2, 0) is 16.0 Å². The molecule has 5 nitrogen and oxygen atoms in total. The lowest BCUT2D eigenvalue weighted by Gasteiger charge is -2.27. The largest absolute Gasteiger partial charge is 0.480 e. The van der Waals surface area contributed by atoms with Gasteiger partial charge in [-0.25, -0.2) is 9.59 Å². The maximum Gasteiger partial charge on any atom is 0.415 e. The quantitative estimate of drug-likeness (QED) is 0.857. The van der Waals surface area contributed by atoms with E-state index in [1.807, 2.05) is 19.1 Å². The van der Waals surface area contributed by atoms with E-state index in [2.05, 4.69) is 0 Å². The van der Waals surface area contributed by atoms with E-state index < -0.39 is 23.7 Å². The number of carbonyl (C=O) groups is 2. The summed E-state index contributed by atoms with van der Waals surface area (Å²) in [6.45, 7) is 7.19. The van der Waals surface area contributed by atoms with Crippen molar-refractivity contribution in [1.82, 2.24) is 0 Å². The Balaban J connectivity index is 2.41. The predicted octanol–water partition coefficient (Wildman–Crippen LogP) is 2.75. The summed E-state index contributed by atoms with van der Waals surface area (Å²) >= 11 is 0. The van der Waals surface area contributed by atoms with E-state index in [0.717, 1.165) is 11.1 Å². The van der Waals surface area contributed by atoms with E-state index in [0.29, 0.717) is 12.1 Å². The van der Waals surface area contributed by atoms with Gasteiger partial charge >= 0.3 is 12.1 Å². The Hall–Kier alpha value is -2.04. The molecule has 1 aromatic rings. The van der Waals surface area contributed by atoms with Crippen molar-refractivity contribution in [2.75, 3.05) is 4.90 Å². The van der Waals surface area contributed by atoms with Crippen LogP contribution in [0.3, 0.4) is 0 Å². The monoisotopic (exact) mass is 277 g/mol. The van der Waals surface area contributed by atoms with Crippen molar-refractivity contribution in [1.29, 1.82) is 0 Å². The molecule has 1 aliphatic rings. The van der Waals surface area contributed by atoms with Crippen molar-refractivity contribution in [2.24, 2.45) is 0 Å². The van der Waals surface area contributed by atoms with Crippen molar-refractivity contribution in [2.45, 2.75) is 45.8 Å². The molecule has 0 aromatic heterocycles. The SMILES string of the molecule is Cc1cccc2c1C[C@@H](C(=O)O)N2C(=O)OC(C)(C)C. The molecule has 0 saturated carbocycles. The topological polar surface area (TPSA) is 66.8 Å². The number of carboxylic acids is 1. The van der Waals surface area contributed by atoms with Crippen LogP contribution in [0.25, 0.3) is 0 Å². The molecule has 0 aliphatic carbocycles. The first-order chi connectivity index (χ1) is 9.20. The number of carbonyl (C=O) groups excluding carboxylic acids is 1. The summed E-state index contributed by atoms with van der Waals surface area (Å²) in [6, 6.07) is 4.59. The van der Waals surface area contributed by atoms with Gasteiger partial charge in [-0.05, 0) is 44.9 Å². The average molecular weight is 277 g/mol. The van der Waals surface area contributed by atoms with Gasteiger partial charge in [-0.3, -0.25) is 4.90 Å².